The molecule has 2 fully saturated rings. The van der Waals surface area contributed by atoms with Gasteiger partial charge in [0.05, 0.1) is 24.2 Å². The lowest BCUT2D eigenvalue weighted by molar-refractivity contribution is -0.377. The molecule has 3 N–H and O–H groups in total. The Morgan fingerprint density at radius 1 is 1.43 bits per heavy atom. The quantitative estimate of drug-likeness (QED) is 0.583. The van der Waals surface area contributed by atoms with E-state index in [1.807, 2.05) is 13.8 Å². The van der Waals surface area contributed by atoms with Crippen molar-refractivity contribution in [2.75, 3.05) is 6.61 Å². The third-order valence-corrected chi connectivity index (χ3v) is 3.54. The van der Waals surface area contributed by atoms with Crippen molar-refractivity contribution in [2.45, 2.75) is 44.7 Å². The number of rotatable bonds is 2. The Labute approximate surface area is 83.5 Å². The second-order valence-electron chi connectivity index (χ2n) is 5.04. The summed E-state index contributed by atoms with van der Waals surface area (Å²) in [6.45, 7) is 4.41. The van der Waals surface area contributed by atoms with Crippen LogP contribution in [0.15, 0.2) is 0 Å². The van der Waals surface area contributed by atoms with Crippen LogP contribution in [0.5, 0.6) is 0 Å². The average Bonchev–Trinajstić information content (AvgIpc) is 2.19. The van der Waals surface area contributed by atoms with E-state index in [4.69, 9.17) is 4.74 Å². The number of aliphatic hydroxyl groups excluding tert-OH is 2. The third kappa shape index (κ3) is 1.08. The Balaban J connectivity index is 2.23. The van der Waals surface area contributed by atoms with Crippen LogP contribution in [0.25, 0.3) is 0 Å². The summed E-state index contributed by atoms with van der Waals surface area (Å²) in [5, 5.41) is 29.4. The van der Waals surface area contributed by atoms with Crippen molar-refractivity contribution in [3.63, 3.8) is 0 Å². The van der Waals surface area contributed by atoms with E-state index in [1.54, 1.807) is 0 Å². The van der Waals surface area contributed by atoms with Gasteiger partial charge in [0.15, 0.2) is 5.79 Å². The fourth-order valence-electron chi connectivity index (χ4n) is 2.83. The minimum absolute atomic E-state index is 0.126. The van der Waals surface area contributed by atoms with Crippen LogP contribution >= 0.6 is 0 Å². The zero-order chi connectivity index (χ0) is 10.6. The summed E-state index contributed by atoms with van der Waals surface area (Å²) in [6, 6.07) is 0. The zero-order valence-corrected chi connectivity index (χ0v) is 8.60. The first-order valence-corrected chi connectivity index (χ1v) is 5.14. The van der Waals surface area contributed by atoms with E-state index < -0.39 is 23.4 Å². The predicted octanol–water partition coefficient (Wildman–Crippen LogP) is -0.137. The van der Waals surface area contributed by atoms with Crippen molar-refractivity contribution in [3.8, 4) is 0 Å². The normalized spacial score (nSPS) is 51.9. The molecule has 2 rings (SSSR count). The first-order chi connectivity index (χ1) is 6.41. The van der Waals surface area contributed by atoms with E-state index in [0.717, 1.165) is 0 Å². The molecule has 0 spiro atoms. The van der Waals surface area contributed by atoms with E-state index in [0.29, 0.717) is 18.9 Å². The molecule has 2 aliphatic rings. The van der Waals surface area contributed by atoms with E-state index in [2.05, 4.69) is 0 Å². The van der Waals surface area contributed by atoms with Crippen molar-refractivity contribution in [3.05, 3.63) is 0 Å². The lowest BCUT2D eigenvalue weighted by atomic mass is 9.70. The van der Waals surface area contributed by atoms with Crippen molar-refractivity contribution in [2.24, 2.45) is 11.3 Å². The van der Waals surface area contributed by atoms with Gasteiger partial charge in [-0.05, 0) is 12.3 Å². The molecule has 0 aromatic carbocycles. The van der Waals surface area contributed by atoms with Crippen LogP contribution in [0, 0.1) is 11.3 Å². The van der Waals surface area contributed by atoms with Crippen LogP contribution in [-0.4, -0.2) is 39.9 Å². The highest BCUT2D eigenvalue weighted by molar-refractivity contribution is 5.13. The fraction of sp³-hybridized carbons (Fsp3) is 1.00. The van der Waals surface area contributed by atoms with Crippen LogP contribution < -0.4 is 0 Å². The second kappa shape index (κ2) is 2.92. The maximum atomic E-state index is 10.0. The van der Waals surface area contributed by atoms with Gasteiger partial charge >= 0.3 is 0 Å². The topological polar surface area (TPSA) is 69.9 Å². The number of fused-ring (bicyclic) bond motifs is 1. The SMILES string of the molecule is CC(C)CC12COC1(O)C[C@H](O)C2O. The van der Waals surface area contributed by atoms with Gasteiger partial charge in [-0.15, -0.1) is 0 Å². The Kier molecular flexibility index (Phi) is 2.16. The van der Waals surface area contributed by atoms with Gasteiger partial charge in [0.25, 0.3) is 0 Å². The van der Waals surface area contributed by atoms with Crippen LogP contribution in [0.2, 0.25) is 0 Å². The van der Waals surface area contributed by atoms with Gasteiger partial charge < -0.3 is 20.1 Å². The highest BCUT2D eigenvalue weighted by Gasteiger charge is 2.70. The van der Waals surface area contributed by atoms with Gasteiger partial charge in [0, 0.05) is 6.42 Å². The molecule has 0 aromatic rings. The van der Waals surface area contributed by atoms with E-state index >= 15 is 0 Å². The fourth-order valence-corrected chi connectivity index (χ4v) is 2.83. The first-order valence-electron chi connectivity index (χ1n) is 5.14. The first kappa shape index (κ1) is 10.4. The number of hydrogen-bond donors (Lipinski definition) is 3. The van der Waals surface area contributed by atoms with Gasteiger partial charge in [-0.3, -0.25) is 0 Å². The van der Waals surface area contributed by atoms with Crippen LogP contribution in [0.1, 0.15) is 26.7 Å². The van der Waals surface area contributed by atoms with Gasteiger partial charge in [0.2, 0.25) is 0 Å². The minimum Gasteiger partial charge on any atom is -0.390 e. The lowest BCUT2D eigenvalue weighted by Gasteiger charge is -2.53. The molecule has 0 aromatic heterocycles. The molecule has 4 nitrogen and oxygen atoms in total. The summed E-state index contributed by atoms with van der Waals surface area (Å²) in [5.74, 6) is -0.929. The molecule has 0 radical (unpaired) electrons. The van der Waals surface area contributed by atoms with E-state index in [9.17, 15) is 15.3 Å². The summed E-state index contributed by atoms with van der Waals surface area (Å²) in [6.07, 6.45) is -0.910. The molecule has 3 unspecified atom stereocenters. The minimum atomic E-state index is -1.30. The maximum absolute atomic E-state index is 10.0. The Hall–Kier alpha value is -0.160. The van der Waals surface area contributed by atoms with Crippen molar-refractivity contribution >= 4 is 0 Å². The predicted molar refractivity (Wildman–Crippen MR) is 49.4 cm³/mol. The Morgan fingerprint density at radius 3 is 2.43 bits per heavy atom. The average molecular weight is 202 g/mol. The maximum Gasteiger partial charge on any atom is 0.178 e. The largest absolute Gasteiger partial charge is 0.390 e. The van der Waals surface area contributed by atoms with Gasteiger partial charge in [-0.1, -0.05) is 13.8 Å². The zero-order valence-electron chi connectivity index (χ0n) is 8.60. The molecular formula is C10H18O4. The van der Waals surface area contributed by atoms with Gasteiger partial charge in [-0.2, -0.15) is 0 Å². The molecule has 0 bridgehead atoms. The van der Waals surface area contributed by atoms with E-state index in [-0.39, 0.29) is 6.42 Å². The molecule has 4 atom stereocenters. The summed E-state index contributed by atoms with van der Waals surface area (Å²) in [7, 11) is 0. The Bertz CT molecular complexity index is 242. The Morgan fingerprint density at radius 2 is 2.07 bits per heavy atom. The number of hydrogen-bond acceptors (Lipinski definition) is 4. The van der Waals surface area contributed by atoms with Gasteiger partial charge in [0.1, 0.15) is 0 Å². The second-order valence-corrected chi connectivity index (χ2v) is 5.04. The molecule has 1 aliphatic carbocycles. The highest BCUT2D eigenvalue weighted by Crippen LogP contribution is 2.58. The molecule has 1 heterocycles. The molecule has 1 saturated heterocycles. The summed E-state index contributed by atoms with van der Waals surface area (Å²) in [4.78, 5) is 0. The number of aliphatic hydroxyl groups is 3. The molecule has 1 saturated carbocycles. The monoisotopic (exact) mass is 202 g/mol. The summed E-state index contributed by atoms with van der Waals surface area (Å²) < 4.78 is 5.12. The van der Waals surface area contributed by atoms with Crippen molar-refractivity contribution < 1.29 is 20.1 Å². The molecular weight excluding hydrogens is 184 g/mol. The molecule has 14 heavy (non-hydrogen) atoms. The van der Waals surface area contributed by atoms with Crippen LogP contribution in [-0.2, 0) is 4.74 Å². The molecule has 0 amide bonds. The number of ether oxygens (including phenoxy) is 1. The molecule has 4 heteroatoms. The lowest BCUT2D eigenvalue weighted by Crippen LogP contribution is -2.64. The van der Waals surface area contributed by atoms with Gasteiger partial charge in [-0.25, -0.2) is 0 Å². The van der Waals surface area contributed by atoms with E-state index in [1.165, 1.54) is 0 Å². The van der Waals surface area contributed by atoms with Crippen molar-refractivity contribution in [1.29, 1.82) is 0 Å². The van der Waals surface area contributed by atoms with Crippen LogP contribution in [0.3, 0.4) is 0 Å². The smallest absolute Gasteiger partial charge is 0.178 e. The van der Waals surface area contributed by atoms with Crippen molar-refractivity contribution in [1.82, 2.24) is 0 Å². The molecule has 82 valence electrons. The summed E-state index contributed by atoms with van der Waals surface area (Å²) in [5.41, 5.74) is -0.638. The highest BCUT2D eigenvalue weighted by atomic mass is 16.7. The van der Waals surface area contributed by atoms with Crippen LogP contribution in [0.4, 0.5) is 0 Å². The third-order valence-electron chi connectivity index (χ3n) is 3.54. The summed E-state index contributed by atoms with van der Waals surface area (Å²) >= 11 is 0. The molecule has 1 aliphatic heterocycles. The standard InChI is InChI=1S/C10H18O4/c1-6(2)3-9-5-14-10(9,13)4-7(11)8(9)12/h6-8,11-13H,3-5H2,1-2H3/t7-,8?,9?,10?/m0/s1.